The maximum absolute atomic E-state index is 5.59. The lowest BCUT2D eigenvalue weighted by atomic mass is 9.92. The van der Waals surface area contributed by atoms with Crippen molar-refractivity contribution in [3.05, 3.63) is 29.8 Å². The fourth-order valence-electron chi connectivity index (χ4n) is 3.01. The number of anilines is 1. The van der Waals surface area contributed by atoms with Crippen LogP contribution in [0.4, 0.5) is 5.69 Å². The summed E-state index contributed by atoms with van der Waals surface area (Å²) in [5, 5.41) is 0. The van der Waals surface area contributed by atoms with E-state index in [9.17, 15) is 0 Å². The quantitative estimate of drug-likeness (QED) is 0.865. The molecule has 0 aliphatic carbocycles. The van der Waals surface area contributed by atoms with Gasteiger partial charge in [0.05, 0.1) is 0 Å². The third-order valence-electron chi connectivity index (χ3n) is 3.87. The Morgan fingerprint density at radius 1 is 1.39 bits per heavy atom. The van der Waals surface area contributed by atoms with E-state index in [2.05, 4.69) is 43.0 Å². The highest BCUT2D eigenvalue weighted by Gasteiger charge is 2.22. The number of fused-ring (bicyclic) bond motifs is 1. The number of para-hydroxylation sites is 1. The van der Waals surface area contributed by atoms with Gasteiger partial charge >= 0.3 is 0 Å². The standard InChI is InChI=1S/C16H26N2/c1-13(6-5-9-17)11-18-12-14(2)10-15-7-3-4-8-16(15)18/h3-4,7-8,13-14H,5-6,9-12,17H2,1-2H3. The fraction of sp³-hybridized carbons (Fsp3) is 0.625. The van der Waals surface area contributed by atoms with Crippen molar-refractivity contribution in [3.63, 3.8) is 0 Å². The summed E-state index contributed by atoms with van der Waals surface area (Å²) in [7, 11) is 0. The summed E-state index contributed by atoms with van der Waals surface area (Å²) < 4.78 is 0. The van der Waals surface area contributed by atoms with Crippen LogP contribution in [0.5, 0.6) is 0 Å². The van der Waals surface area contributed by atoms with Gasteiger partial charge in [0.15, 0.2) is 0 Å². The molecule has 0 aromatic heterocycles. The number of hydrogen-bond donors (Lipinski definition) is 1. The van der Waals surface area contributed by atoms with Gasteiger partial charge in [-0.05, 0) is 49.3 Å². The van der Waals surface area contributed by atoms with Crippen molar-refractivity contribution in [1.82, 2.24) is 0 Å². The van der Waals surface area contributed by atoms with Crippen molar-refractivity contribution in [2.24, 2.45) is 17.6 Å². The first-order chi connectivity index (χ1) is 8.70. The number of benzene rings is 1. The molecule has 2 heteroatoms. The SMILES string of the molecule is CC(CCCN)CN1CC(C)Cc2ccccc21. The molecule has 0 saturated heterocycles. The molecule has 1 aliphatic rings. The van der Waals surface area contributed by atoms with Gasteiger partial charge in [-0.15, -0.1) is 0 Å². The Morgan fingerprint density at radius 2 is 2.17 bits per heavy atom. The summed E-state index contributed by atoms with van der Waals surface area (Å²) in [6.45, 7) is 7.88. The molecule has 0 saturated carbocycles. The number of hydrogen-bond acceptors (Lipinski definition) is 2. The van der Waals surface area contributed by atoms with Crippen LogP contribution in [0.2, 0.25) is 0 Å². The average Bonchev–Trinajstić information content (AvgIpc) is 2.36. The van der Waals surface area contributed by atoms with Crippen LogP contribution in [0.15, 0.2) is 24.3 Å². The minimum absolute atomic E-state index is 0.729. The largest absolute Gasteiger partial charge is 0.371 e. The zero-order chi connectivity index (χ0) is 13.0. The molecule has 0 spiro atoms. The molecule has 2 nitrogen and oxygen atoms in total. The van der Waals surface area contributed by atoms with Crippen LogP contribution in [0.3, 0.4) is 0 Å². The van der Waals surface area contributed by atoms with E-state index in [1.54, 1.807) is 0 Å². The lowest BCUT2D eigenvalue weighted by Gasteiger charge is -2.36. The molecule has 2 unspecified atom stereocenters. The minimum atomic E-state index is 0.729. The highest BCUT2D eigenvalue weighted by atomic mass is 15.1. The number of nitrogens with zero attached hydrogens (tertiary/aromatic N) is 1. The van der Waals surface area contributed by atoms with Crippen LogP contribution in [0.1, 0.15) is 32.3 Å². The van der Waals surface area contributed by atoms with Crippen molar-refractivity contribution in [3.8, 4) is 0 Å². The first-order valence-corrected chi connectivity index (χ1v) is 7.23. The molecule has 1 heterocycles. The van der Waals surface area contributed by atoms with Gasteiger partial charge in [-0.2, -0.15) is 0 Å². The van der Waals surface area contributed by atoms with Gasteiger partial charge in [0.25, 0.3) is 0 Å². The molecule has 0 bridgehead atoms. The van der Waals surface area contributed by atoms with E-state index in [0.717, 1.165) is 24.8 Å². The topological polar surface area (TPSA) is 29.3 Å². The van der Waals surface area contributed by atoms with Crippen molar-refractivity contribution < 1.29 is 0 Å². The monoisotopic (exact) mass is 246 g/mol. The molecule has 2 rings (SSSR count). The average molecular weight is 246 g/mol. The van der Waals surface area contributed by atoms with Crippen molar-refractivity contribution in [2.45, 2.75) is 33.1 Å². The van der Waals surface area contributed by atoms with Crippen molar-refractivity contribution in [2.75, 3.05) is 24.5 Å². The zero-order valence-electron chi connectivity index (χ0n) is 11.7. The maximum Gasteiger partial charge on any atom is 0.0399 e. The molecular formula is C16H26N2. The van der Waals surface area contributed by atoms with Crippen LogP contribution < -0.4 is 10.6 Å². The number of nitrogens with two attached hydrogens (primary N) is 1. The highest BCUT2D eigenvalue weighted by Crippen LogP contribution is 2.30. The first kappa shape index (κ1) is 13.4. The summed E-state index contributed by atoms with van der Waals surface area (Å²) in [4.78, 5) is 2.57. The third-order valence-corrected chi connectivity index (χ3v) is 3.87. The van der Waals surface area contributed by atoms with E-state index >= 15 is 0 Å². The van der Waals surface area contributed by atoms with E-state index in [-0.39, 0.29) is 0 Å². The van der Waals surface area contributed by atoms with Gasteiger partial charge in [0, 0.05) is 18.8 Å². The Labute approximate surface area is 111 Å². The summed E-state index contributed by atoms with van der Waals surface area (Å²) in [6, 6.07) is 8.87. The Bertz CT molecular complexity index is 375. The predicted molar refractivity (Wildman–Crippen MR) is 79.0 cm³/mol. The summed E-state index contributed by atoms with van der Waals surface area (Å²) in [5.74, 6) is 1.49. The van der Waals surface area contributed by atoms with Crippen LogP contribution in [-0.2, 0) is 6.42 Å². The van der Waals surface area contributed by atoms with E-state index in [1.165, 1.54) is 37.2 Å². The van der Waals surface area contributed by atoms with Crippen LogP contribution >= 0.6 is 0 Å². The third kappa shape index (κ3) is 3.26. The molecule has 2 N–H and O–H groups in total. The van der Waals surface area contributed by atoms with Crippen molar-refractivity contribution in [1.29, 1.82) is 0 Å². The molecule has 18 heavy (non-hydrogen) atoms. The van der Waals surface area contributed by atoms with Crippen LogP contribution in [0, 0.1) is 11.8 Å². The lowest BCUT2D eigenvalue weighted by molar-refractivity contribution is 0.461. The van der Waals surface area contributed by atoms with Crippen molar-refractivity contribution >= 4 is 5.69 Å². The second kappa shape index (κ2) is 6.24. The maximum atomic E-state index is 5.59. The molecular weight excluding hydrogens is 220 g/mol. The molecule has 0 amide bonds. The van der Waals surface area contributed by atoms with Gasteiger partial charge < -0.3 is 10.6 Å². The Kier molecular flexibility index (Phi) is 4.65. The second-order valence-corrected chi connectivity index (χ2v) is 5.88. The van der Waals surface area contributed by atoms with Gasteiger partial charge in [-0.25, -0.2) is 0 Å². The normalized spacial score (nSPS) is 20.6. The van der Waals surface area contributed by atoms with E-state index in [1.807, 2.05) is 0 Å². The van der Waals surface area contributed by atoms with E-state index in [0.29, 0.717) is 0 Å². The van der Waals surface area contributed by atoms with Gasteiger partial charge in [0.2, 0.25) is 0 Å². The molecule has 1 aromatic carbocycles. The summed E-state index contributed by atoms with van der Waals surface area (Å²) in [5.41, 5.74) is 8.56. The molecule has 2 atom stereocenters. The Hall–Kier alpha value is -1.02. The van der Waals surface area contributed by atoms with Gasteiger partial charge in [-0.3, -0.25) is 0 Å². The second-order valence-electron chi connectivity index (χ2n) is 5.88. The molecule has 1 aliphatic heterocycles. The van der Waals surface area contributed by atoms with Crippen LogP contribution in [-0.4, -0.2) is 19.6 Å². The molecule has 0 radical (unpaired) electrons. The Morgan fingerprint density at radius 3 is 2.94 bits per heavy atom. The molecule has 0 fully saturated rings. The first-order valence-electron chi connectivity index (χ1n) is 7.23. The predicted octanol–water partition coefficient (Wildman–Crippen LogP) is 3.06. The Balaban J connectivity index is 2.04. The smallest absolute Gasteiger partial charge is 0.0399 e. The zero-order valence-corrected chi connectivity index (χ0v) is 11.7. The van der Waals surface area contributed by atoms with Gasteiger partial charge in [0.1, 0.15) is 0 Å². The summed E-state index contributed by atoms with van der Waals surface area (Å²) >= 11 is 0. The van der Waals surface area contributed by atoms with E-state index < -0.39 is 0 Å². The number of rotatable bonds is 5. The van der Waals surface area contributed by atoms with Gasteiger partial charge in [-0.1, -0.05) is 32.0 Å². The lowest BCUT2D eigenvalue weighted by Crippen LogP contribution is -2.37. The summed E-state index contributed by atoms with van der Waals surface area (Å²) in [6.07, 6.45) is 3.61. The molecule has 100 valence electrons. The molecule has 1 aromatic rings. The van der Waals surface area contributed by atoms with Crippen LogP contribution in [0.25, 0.3) is 0 Å². The fourth-order valence-corrected chi connectivity index (χ4v) is 3.01. The van der Waals surface area contributed by atoms with E-state index in [4.69, 9.17) is 5.73 Å². The highest BCUT2D eigenvalue weighted by molar-refractivity contribution is 5.55. The minimum Gasteiger partial charge on any atom is -0.371 e.